The summed E-state index contributed by atoms with van der Waals surface area (Å²) in [6.45, 7) is 7.31. The van der Waals surface area contributed by atoms with E-state index in [-0.39, 0.29) is 0 Å². The molecule has 0 spiro atoms. The minimum Gasteiger partial charge on any atom is -0.493 e. The number of hydrogen-bond donors (Lipinski definition) is 2. The lowest BCUT2D eigenvalue weighted by Gasteiger charge is -2.31. The van der Waals surface area contributed by atoms with E-state index in [0.717, 1.165) is 5.56 Å². The van der Waals surface area contributed by atoms with Gasteiger partial charge in [-0.2, -0.15) is 0 Å². The van der Waals surface area contributed by atoms with E-state index in [4.69, 9.17) is 26.4 Å². The Kier molecular flexibility index (Phi) is 5.57. The Morgan fingerprint density at radius 2 is 1.80 bits per heavy atom. The zero-order valence-electron chi connectivity index (χ0n) is 15.4. The molecule has 1 aliphatic rings. The van der Waals surface area contributed by atoms with Crippen molar-refractivity contribution in [3.8, 4) is 11.5 Å². The summed E-state index contributed by atoms with van der Waals surface area (Å²) in [5.41, 5.74) is 1.38. The SMILES string of the molecule is COc1ccc(C2NC(=S)NC(C)=C2C(=O)OC(C)(C)C)cc1OC. The van der Waals surface area contributed by atoms with Crippen LogP contribution in [0.1, 0.15) is 39.3 Å². The van der Waals surface area contributed by atoms with Crippen LogP contribution in [-0.2, 0) is 9.53 Å². The van der Waals surface area contributed by atoms with Crippen LogP contribution in [0.3, 0.4) is 0 Å². The zero-order valence-corrected chi connectivity index (χ0v) is 16.2. The molecule has 0 aliphatic carbocycles. The van der Waals surface area contributed by atoms with Crippen molar-refractivity contribution in [3.63, 3.8) is 0 Å². The summed E-state index contributed by atoms with van der Waals surface area (Å²) < 4.78 is 16.2. The van der Waals surface area contributed by atoms with Crippen LogP contribution in [0.2, 0.25) is 0 Å². The van der Waals surface area contributed by atoms with Crippen molar-refractivity contribution in [2.75, 3.05) is 14.2 Å². The molecule has 1 atom stereocenters. The van der Waals surface area contributed by atoms with Crippen molar-refractivity contribution in [1.29, 1.82) is 0 Å². The number of allylic oxidation sites excluding steroid dienone is 1. The number of hydrogen-bond acceptors (Lipinski definition) is 5. The maximum Gasteiger partial charge on any atom is 0.338 e. The third-order valence-corrected chi connectivity index (χ3v) is 3.85. The highest BCUT2D eigenvalue weighted by Crippen LogP contribution is 2.34. The Morgan fingerprint density at radius 1 is 1.16 bits per heavy atom. The lowest BCUT2D eigenvalue weighted by Crippen LogP contribution is -2.45. The molecular weight excluding hydrogens is 340 g/mol. The van der Waals surface area contributed by atoms with Gasteiger partial charge in [0.1, 0.15) is 5.60 Å². The quantitative estimate of drug-likeness (QED) is 0.629. The molecule has 0 radical (unpaired) electrons. The van der Waals surface area contributed by atoms with Gasteiger partial charge < -0.3 is 24.8 Å². The maximum atomic E-state index is 12.7. The first-order valence-corrected chi connectivity index (χ1v) is 8.30. The van der Waals surface area contributed by atoms with Gasteiger partial charge in [0.05, 0.1) is 25.8 Å². The van der Waals surface area contributed by atoms with Crippen LogP contribution in [0.25, 0.3) is 0 Å². The Morgan fingerprint density at radius 3 is 2.36 bits per heavy atom. The molecule has 1 aliphatic heterocycles. The fourth-order valence-electron chi connectivity index (χ4n) is 2.58. The summed E-state index contributed by atoms with van der Waals surface area (Å²) in [4.78, 5) is 12.7. The topological polar surface area (TPSA) is 68.8 Å². The molecule has 1 aromatic carbocycles. The second kappa shape index (κ2) is 7.31. The zero-order chi connectivity index (χ0) is 18.8. The third-order valence-electron chi connectivity index (χ3n) is 3.63. The minimum absolute atomic E-state index is 0.396. The van der Waals surface area contributed by atoms with Crippen LogP contribution in [0.5, 0.6) is 11.5 Å². The number of nitrogens with one attached hydrogen (secondary N) is 2. The average Bonchev–Trinajstić information content (AvgIpc) is 2.51. The lowest BCUT2D eigenvalue weighted by molar-refractivity contribution is -0.150. The predicted molar refractivity (Wildman–Crippen MR) is 99.7 cm³/mol. The standard InChI is InChI=1S/C18H24N2O4S/c1-10-14(16(21)24-18(2,3)4)15(20-17(25)19-10)11-7-8-12(22-5)13(9-11)23-6/h7-9,15H,1-6H3,(H2,19,20,25). The highest BCUT2D eigenvalue weighted by molar-refractivity contribution is 7.80. The van der Waals surface area contributed by atoms with Crippen molar-refractivity contribution < 1.29 is 19.0 Å². The Balaban J connectivity index is 2.47. The Labute approximate surface area is 153 Å². The maximum absolute atomic E-state index is 12.7. The number of thiocarbonyl (C=S) groups is 1. The van der Waals surface area contributed by atoms with E-state index in [2.05, 4.69) is 10.6 Å². The number of carbonyl (C=O) groups is 1. The van der Waals surface area contributed by atoms with Gasteiger partial charge in [0.15, 0.2) is 16.6 Å². The number of methoxy groups -OCH3 is 2. The number of rotatable bonds is 4. The predicted octanol–water partition coefficient (Wildman–Crippen LogP) is 2.84. The first kappa shape index (κ1) is 19.1. The second-order valence-electron chi connectivity index (χ2n) is 6.69. The summed E-state index contributed by atoms with van der Waals surface area (Å²) in [5.74, 6) is 0.794. The summed E-state index contributed by atoms with van der Waals surface area (Å²) >= 11 is 5.25. The summed E-state index contributed by atoms with van der Waals surface area (Å²) in [6, 6.07) is 5.04. The van der Waals surface area contributed by atoms with Crippen LogP contribution >= 0.6 is 12.2 Å². The van der Waals surface area contributed by atoms with Crippen molar-refractivity contribution in [2.24, 2.45) is 0 Å². The fraction of sp³-hybridized carbons (Fsp3) is 0.444. The Bertz CT molecular complexity index is 722. The normalized spacial score (nSPS) is 17.5. The van der Waals surface area contributed by atoms with Gasteiger partial charge in [-0.3, -0.25) is 0 Å². The van der Waals surface area contributed by atoms with Crippen molar-refractivity contribution in [3.05, 3.63) is 35.0 Å². The monoisotopic (exact) mass is 364 g/mol. The summed E-state index contributed by atoms with van der Waals surface area (Å²) in [7, 11) is 3.14. The average molecular weight is 364 g/mol. The fourth-order valence-corrected chi connectivity index (χ4v) is 2.85. The van der Waals surface area contributed by atoms with Gasteiger partial charge in [-0.15, -0.1) is 0 Å². The van der Waals surface area contributed by atoms with Crippen LogP contribution in [0.4, 0.5) is 0 Å². The molecular formula is C18H24N2O4S. The van der Waals surface area contributed by atoms with E-state index < -0.39 is 17.6 Å². The van der Waals surface area contributed by atoms with Gasteiger partial charge in [0.2, 0.25) is 0 Å². The van der Waals surface area contributed by atoms with Gasteiger partial charge in [0.25, 0.3) is 0 Å². The molecule has 0 amide bonds. The molecule has 1 unspecified atom stereocenters. The highest BCUT2D eigenvalue weighted by Gasteiger charge is 2.33. The smallest absolute Gasteiger partial charge is 0.338 e. The van der Waals surface area contributed by atoms with E-state index in [1.54, 1.807) is 27.2 Å². The highest BCUT2D eigenvalue weighted by atomic mass is 32.1. The van der Waals surface area contributed by atoms with Crippen molar-refractivity contribution in [2.45, 2.75) is 39.3 Å². The van der Waals surface area contributed by atoms with Gasteiger partial charge in [0, 0.05) is 5.70 Å². The molecule has 1 aromatic rings. The molecule has 2 N–H and O–H groups in total. The summed E-state index contributed by atoms with van der Waals surface area (Å²) in [5, 5.41) is 6.57. The van der Waals surface area contributed by atoms with Crippen LogP contribution in [0.15, 0.2) is 29.5 Å². The lowest BCUT2D eigenvalue weighted by atomic mass is 9.95. The van der Waals surface area contributed by atoms with E-state index in [1.807, 2.05) is 32.9 Å². The molecule has 6 nitrogen and oxygen atoms in total. The third kappa shape index (κ3) is 4.42. The number of esters is 1. The van der Waals surface area contributed by atoms with Crippen LogP contribution in [-0.4, -0.2) is 30.9 Å². The molecule has 2 rings (SSSR count). The molecule has 0 saturated heterocycles. The molecule has 136 valence electrons. The molecule has 7 heteroatoms. The number of ether oxygens (including phenoxy) is 3. The van der Waals surface area contributed by atoms with Gasteiger partial charge >= 0.3 is 5.97 Å². The van der Waals surface area contributed by atoms with E-state index >= 15 is 0 Å². The molecule has 25 heavy (non-hydrogen) atoms. The largest absolute Gasteiger partial charge is 0.493 e. The van der Waals surface area contributed by atoms with Crippen LogP contribution in [0, 0.1) is 0 Å². The minimum atomic E-state index is -0.593. The second-order valence-corrected chi connectivity index (χ2v) is 7.09. The number of benzene rings is 1. The number of carbonyl (C=O) groups excluding carboxylic acids is 1. The van der Waals surface area contributed by atoms with Gasteiger partial charge in [-0.1, -0.05) is 6.07 Å². The van der Waals surface area contributed by atoms with Crippen LogP contribution < -0.4 is 20.1 Å². The van der Waals surface area contributed by atoms with Gasteiger partial charge in [-0.05, 0) is 57.6 Å². The van der Waals surface area contributed by atoms with Crippen molar-refractivity contribution >= 4 is 23.3 Å². The van der Waals surface area contributed by atoms with Crippen molar-refractivity contribution in [1.82, 2.24) is 10.6 Å². The first-order valence-electron chi connectivity index (χ1n) is 7.90. The van der Waals surface area contributed by atoms with E-state index in [1.165, 1.54) is 0 Å². The molecule has 0 saturated carbocycles. The Hall–Kier alpha value is -2.28. The molecule has 1 heterocycles. The molecule has 0 aromatic heterocycles. The summed E-state index contributed by atoms with van der Waals surface area (Å²) in [6.07, 6.45) is 0. The van der Waals surface area contributed by atoms with Gasteiger partial charge in [-0.25, -0.2) is 4.79 Å². The van der Waals surface area contributed by atoms with E-state index in [0.29, 0.717) is 27.9 Å². The molecule has 0 bridgehead atoms. The molecule has 0 fully saturated rings. The van der Waals surface area contributed by atoms with E-state index in [9.17, 15) is 4.79 Å². The first-order chi connectivity index (χ1) is 11.7.